The average molecular weight is 277 g/mol. The van der Waals surface area contributed by atoms with Gasteiger partial charge in [-0.2, -0.15) is 0 Å². The Morgan fingerprint density at radius 1 is 1.30 bits per heavy atom. The molecule has 1 unspecified atom stereocenters. The van der Waals surface area contributed by atoms with Gasteiger partial charge >= 0.3 is 0 Å². The molecular formula is C16H23NO3. The average Bonchev–Trinajstić information content (AvgIpc) is 2.46. The number of rotatable bonds is 9. The van der Waals surface area contributed by atoms with Crippen LogP contribution in [0.15, 0.2) is 24.3 Å². The summed E-state index contributed by atoms with van der Waals surface area (Å²) in [6.07, 6.45) is 5.27. The minimum Gasteiger partial charge on any atom is -0.484 e. The summed E-state index contributed by atoms with van der Waals surface area (Å²) >= 11 is 0. The van der Waals surface area contributed by atoms with Crippen LogP contribution in [-0.4, -0.2) is 24.8 Å². The van der Waals surface area contributed by atoms with Gasteiger partial charge in [0.1, 0.15) is 12.0 Å². The zero-order chi connectivity index (χ0) is 14.8. The fraction of sp³-hybridized carbons (Fsp3) is 0.500. The largest absolute Gasteiger partial charge is 0.484 e. The molecule has 0 bridgehead atoms. The summed E-state index contributed by atoms with van der Waals surface area (Å²) in [6, 6.07) is 6.86. The van der Waals surface area contributed by atoms with E-state index in [-0.39, 0.29) is 18.6 Å². The molecule has 4 heteroatoms. The topological polar surface area (TPSA) is 55.4 Å². The predicted octanol–water partition coefficient (Wildman–Crippen LogP) is 2.96. The van der Waals surface area contributed by atoms with Crippen molar-refractivity contribution >= 4 is 12.2 Å². The van der Waals surface area contributed by atoms with E-state index in [0.29, 0.717) is 11.3 Å². The van der Waals surface area contributed by atoms with Crippen molar-refractivity contribution in [3.8, 4) is 5.75 Å². The van der Waals surface area contributed by atoms with Crippen LogP contribution in [0.25, 0.3) is 0 Å². The van der Waals surface area contributed by atoms with Crippen LogP contribution in [0.1, 0.15) is 49.9 Å². The highest BCUT2D eigenvalue weighted by atomic mass is 16.5. The number of benzene rings is 1. The number of hydrogen-bond donors (Lipinski definition) is 1. The molecule has 0 heterocycles. The number of aldehydes is 1. The highest BCUT2D eigenvalue weighted by molar-refractivity contribution is 5.78. The van der Waals surface area contributed by atoms with Gasteiger partial charge in [0, 0.05) is 11.6 Å². The quantitative estimate of drug-likeness (QED) is 0.557. The second-order valence-electron chi connectivity index (χ2n) is 4.94. The number of unbranched alkanes of at least 4 members (excludes halogenated alkanes) is 2. The van der Waals surface area contributed by atoms with Crippen molar-refractivity contribution in [1.29, 1.82) is 0 Å². The van der Waals surface area contributed by atoms with Crippen molar-refractivity contribution in [2.75, 3.05) is 6.61 Å². The van der Waals surface area contributed by atoms with Gasteiger partial charge in [0.25, 0.3) is 5.91 Å². The second kappa shape index (κ2) is 9.13. The highest BCUT2D eigenvalue weighted by Crippen LogP contribution is 2.10. The van der Waals surface area contributed by atoms with Gasteiger partial charge in [-0.1, -0.05) is 26.2 Å². The molecule has 1 amide bonds. The third kappa shape index (κ3) is 6.36. The summed E-state index contributed by atoms with van der Waals surface area (Å²) in [5.41, 5.74) is 0.589. The summed E-state index contributed by atoms with van der Waals surface area (Å²) in [5.74, 6) is 0.470. The Balaban J connectivity index is 2.26. The van der Waals surface area contributed by atoms with Crippen LogP contribution in [0.3, 0.4) is 0 Å². The lowest BCUT2D eigenvalue weighted by Crippen LogP contribution is -2.36. The third-order valence-corrected chi connectivity index (χ3v) is 3.03. The first-order chi connectivity index (χ1) is 9.65. The molecule has 4 nitrogen and oxygen atoms in total. The summed E-state index contributed by atoms with van der Waals surface area (Å²) in [5, 5.41) is 2.91. The molecule has 0 aliphatic rings. The van der Waals surface area contributed by atoms with Crippen LogP contribution < -0.4 is 10.1 Å². The smallest absolute Gasteiger partial charge is 0.258 e. The Kier molecular flexibility index (Phi) is 7.40. The van der Waals surface area contributed by atoms with E-state index in [1.807, 2.05) is 6.92 Å². The molecule has 1 rings (SSSR count). The molecule has 0 radical (unpaired) electrons. The number of nitrogens with one attached hydrogen (secondary N) is 1. The monoisotopic (exact) mass is 277 g/mol. The highest BCUT2D eigenvalue weighted by Gasteiger charge is 2.07. The van der Waals surface area contributed by atoms with Gasteiger partial charge in [-0.25, -0.2) is 0 Å². The fourth-order valence-electron chi connectivity index (χ4n) is 1.88. The lowest BCUT2D eigenvalue weighted by Gasteiger charge is -2.14. The van der Waals surface area contributed by atoms with Gasteiger partial charge in [0.15, 0.2) is 6.61 Å². The van der Waals surface area contributed by atoms with Crippen LogP contribution in [0.4, 0.5) is 0 Å². The van der Waals surface area contributed by atoms with Crippen LogP contribution >= 0.6 is 0 Å². The van der Waals surface area contributed by atoms with Crippen molar-refractivity contribution in [2.24, 2.45) is 0 Å². The maximum atomic E-state index is 11.7. The molecule has 1 aromatic carbocycles. The molecule has 20 heavy (non-hydrogen) atoms. The van der Waals surface area contributed by atoms with E-state index in [9.17, 15) is 9.59 Å². The molecule has 0 aliphatic carbocycles. The van der Waals surface area contributed by atoms with Crippen molar-refractivity contribution in [3.63, 3.8) is 0 Å². The van der Waals surface area contributed by atoms with Gasteiger partial charge in [-0.15, -0.1) is 0 Å². The van der Waals surface area contributed by atoms with Crippen LogP contribution in [-0.2, 0) is 4.79 Å². The van der Waals surface area contributed by atoms with E-state index >= 15 is 0 Å². The van der Waals surface area contributed by atoms with E-state index in [1.54, 1.807) is 24.3 Å². The summed E-state index contributed by atoms with van der Waals surface area (Å²) in [6.45, 7) is 4.16. The lowest BCUT2D eigenvalue weighted by molar-refractivity contribution is -0.123. The van der Waals surface area contributed by atoms with E-state index in [0.717, 1.165) is 19.1 Å². The van der Waals surface area contributed by atoms with E-state index in [1.165, 1.54) is 12.8 Å². The Bertz CT molecular complexity index is 414. The molecule has 1 aromatic rings. The van der Waals surface area contributed by atoms with Crippen molar-refractivity contribution in [1.82, 2.24) is 5.32 Å². The van der Waals surface area contributed by atoms with Crippen LogP contribution in [0.5, 0.6) is 5.75 Å². The molecule has 0 aromatic heterocycles. The molecule has 0 saturated carbocycles. The van der Waals surface area contributed by atoms with Gasteiger partial charge < -0.3 is 10.1 Å². The minimum atomic E-state index is -0.117. The minimum absolute atomic E-state index is 0.00143. The molecular weight excluding hydrogens is 254 g/mol. The number of ether oxygens (including phenoxy) is 1. The molecule has 0 saturated heterocycles. The number of carbonyl (C=O) groups is 2. The first-order valence-corrected chi connectivity index (χ1v) is 7.13. The van der Waals surface area contributed by atoms with E-state index in [4.69, 9.17) is 4.74 Å². The Hall–Kier alpha value is -1.84. The van der Waals surface area contributed by atoms with Crippen LogP contribution in [0, 0.1) is 0 Å². The molecule has 0 fully saturated rings. The van der Waals surface area contributed by atoms with Crippen LogP contribution in [0.2, 0.25) is 0 Å². The Labute approximate surface area is 120 Å². The SMILES string of the molecule is CCCCCC(C)NC(=O)COc1ccc(C=O)cc1. The predicted molar refractivity (Wildman–Crippen MR) is 79.1 cm³/mol. The lowest BCUT2D eigenvalue weighted by atomic mass is 10.1. The Morgan fingerprint density at radius 2 is 2.00 bits per heavy atom. The molecule has 0 spiro atoms. The number of amides is 1. The molecule has 1 atom stereocenters. The standard InChI is InChI=1S/C16H23NO3/c1-3-4-5-6-13(2)17-16(19)12-20-15-9-7-14(11-18)8-10-15/h7-11,13H,3-6,12H2,1-2H3,(H,17,19). The normalized spacial score (nSPS) is 11.7. The maximum absolute atomic E-state index is 11.7. The van der Waals surface area contributed by atoms with Gasteiger partial charge in [0.05, 0.1) is 0 Å². The Morgan fingerprint density at radius 3 is 2.60 bits per heavy atom. The fourth-order valence-corrected chi connectivity index (χ4v) is 1.88. The summed E-state index contributed by atoms with van der Waals surface area (Å²) < 4.78 is 5.37. The summed E-state index contributed by atoms with van der Waals surface area (Å²) in [7, 11) is 0. The zero-order valence-electron chi connectivity index (χ0n) is 12.2. The zero-order valence-corrected chi connectivity index (χ0v) is 12.2. The van der Waals surface area contributed by atoms with Gasteiger partial charge in [-0.05, 0) is 37.6 Å². The van der Waals surface area contributed by atoms with Crippen molar-refractivity contribution in [3.05, 3.63) is 29.8 Å². The van der Waals surface area contributed by atoms with Crippen molar-refractivity contribution < 1.29 is 14.3 Å². The molecule has 1 N–H and O–H groups in total. The van der Waals surface area contributed by atoms with Crippen molar-refractivity contribution in [2.45, 2.75) is 45.6 Å². The number of hydrogen-bond acceptors (Lipinski definition) is 3. The number of carbonyl (C=O) groups excluding carboxylic acids is 2. The van der Waals surface area contributed by atoms with Gasteiger partial charge in [-0.3, -0.25) is 9.59 Å². The first kappa shape index (κ1) is 16.2. The second-order valence-corrected chi connectivity index (χ2v) is 4.94. The van der Waals surface area contributed by atoms with Gasteiger partial charge in [0.2, 0.25) is 0 Å². The summed E-state index contributed by atoms with van der Waals surface area (Å²) in [4.78, 5) is 22.2. The molecule has 0 aliphatic heterocycles. The van der Waals surface area contributed by atoms with E-state index < -0.39 is 0 Å². The maximum Gasteiger partial charge on any atom is 0.258 e. The first-order valence-electron chi connectivity index (χ1n) is 7.13. The van der Waals surface area contributed by atoms with E-state index in [2.05, 4.69) is 12.2 Å². The molecule has 110 valence electrons. The third-order valence-electron chi connectivity index (χ3n) is 3.03.